The molecule has 3 heterocycles. The highest BCUT2D eigenvalue weighted by Gasteiger charge is 2.36. The Labute approximate surface area is 144 Å². The summed E-state index contributed by atoms with van der Waals surface area (Å²) in [5.74, 6) is 0.331. The zero-order chi connectivity index (χ0) is 16.4. The van der Waals surface area contributed by atoms with Crippen molar-refractivity contribution in [2.75, 3.05) is 50.7 Å². The van der Waals surface area contributed by atoms with E-state index in [1.165, 1.54) is 18.5 Å². The SMILES string of the molecule is O=C([C@@H]1C[C@H](N2CCN(c3ccccc3)CC2)CN1)N1CCCC1. The molecule has 3 fully saturated rings. The second-order valence-electron chi connectivity index (χ2n) is 7.24. The van der Waals surface area contributed by atoms with Gasteiger partial charge in [-0.05, 0) is 31.4 Å². The van der Waals surface area contributed by atoms with Crippen LogP contribution in [0.25, 0.3) is 0 Å². The van der Waals surface area contributed by atoms with E-state index in [2.05, 4.69) is 45.4 Å². The smallest absolute Gasteiger partial charge is 0.239 e. The van der Waals surface area contributed by atoms with Gasteiger partial charge in [0.2, 0.25) is 5.91 Å². The molecule has 0 bridgehead atoms. The van der Waals surface area contributed by atoms with Gasteiger partial charge in [-0.2, -0.15) is 0 Å². The highest BCUT2D eigenvalue weighted by atomic mass is 16.2. The molecular weight excluding hydrogens is 300 g/mol. The van der Waals surface area contributed by atoms with Gasteiger partial charge < -0.3 is 15.1 Å². The molecule has 5 heteroatoms. The quantitative estimate of drug-likeness (QED) is 0.904. The van der Waals surface area contributed by atoms with E-state index in [4.69, 9.17) is 0 Å². The predicted molar refractivity (Wildman–Crippen MR) is 96.2 cm³/mol. The first-order chi connectivity index (χ1) is 11.8. The van der Waals surface area contributed by atoms with Crippen molar-refractivity contribution in [2.45, 2.75) is 31.3 Å². The van der Waals surface area contributed by atoms with Crippen LogP contribution in [0.4, 0.5) is 5.69 Å². The van der Waals surface area contributed by atoms with Gasteiger partial charge in [0.05, 0.1) is 6.04 Å². The zero-order valence-electron chi connectivity index (χ0n) is 14.4. The Kier molecular flexibility index (Phi) is 4.72. The molecule has 130 valence electrons. The van der Waals surface area contributed by atoms with Crippen molar-refractivity contribution in [1.29, 1.82) is 0 Å². The minimum Gasteiger partial charge on any atom is -0.369 e. The van der Waals surface area contributed by atoms with Crippen LogP contribution in [0.2, 0.25) is 0 Å². The van der Waals surface area contributed by atoms with Gasteiger partial charge in [0, 0.05) is 57.5 Å². The van der Waals surface area contributed by atoms with E-state index in [0.29, 0.717) is 11.9 Å². The first-order valence-corrected chi connectivity index (χ1v) is 9.37. The van der Waals surface area contributed by atoms with Crippen LogP contribution < -0.4 is 10.2 Å². The Balaban J connectivity index is 1.28. The second-order valence-corrected chi connectivity index (χ2v) is 7.24. The molecule has 1 aromatic carbocycles. The Morgan fingerprint density at radius 3 is 2.38 bits per heavy atom. The lowest BCUT2D eigenvalue weighted by Gasteiger charge is -2.39. The van der Waals surface area contributed by atoms with Gasteiger partial charge in [-0.25, -0.2) is 0 Å². The van der Waals surface area contributed by atoms with Crippen LogP contribution in [0.3, 0.4) is 0 Å². The van der Waals surface area contributed by atoms with E-state index < -0.39 is 0 Å². The number of nitrogens with zero attached hydrogens (tertiary/aromatic N) is 3. The van der Waals surface area contributed by atoms with Crippen molar-refractivity contribution < 1.29 is 4.79 Å². The molecule has 5 nitrogen and oxygen atoms in total. The van der Waals surface area contributed by atoms with Gasteiger partial charge >= 0.3 is 0 Å². The molecule has 24 heavy (non-hydrogen) atoms. The van der Waals surface area contributed by atoms with Crippen molar-refractivity contribution in [2.24, 2.45) is 0 Å². The van der Waals surface area contributed by atoms with Crippen molar-refractivity contribution in [3.05, 3.63) is 30.3 Å². The Bertz CT molecular complexity index is 550. The van der Waals surface area contributed by atoms with E-state index in [-0.39, 0.29) is 6.04 Å². The Morgan fingerprint density at radius 1 is 0.958 bits per heavy atom. The van der Waals surface area contributed by atoms with Crippen LogP contribution in [0.1, 0.15) is 19.3 Å². The van der Waals surface area contributed by atoms with Crippen molar-refractivity contribution in [1.82, 2.24) is 15.1 Å². The third-order valence-electron chi connectivity index (χ3n) is 5.78. The molecule has 0 aliphatic carbocycles. The largest absolute Gasteiger partial charge is 0.369 e. The lowest BCUT2D eigenvalue weighted by Crippen LogP contribution is -2.51. The number of benzene rings is 1. The summed E-state index contributed by atoms with van der Waals surface area (Å²) in [6.07, 6.45) is 3.31. The number of amides is 1. The summed E-state index contributed by atoms with van der Waals surface area (Å²) in [6, 6.07) is 11.2. The fourth-order valence-electron chi connectivity index (χ4n) is 4.33. The maximum Gasteiger partial charge on any atom is 0.239 e. The number of para-hydroxylation sites is 1. The van der Waals surface area contributed by atoms with Crippen molar-refractivity contribution in [3.63, 3.8) is 0 Å². The minimum absolute atomic E-state index is 0.0419. The number of hydrogen-bond acceptors (Lipinski definition) is 4. The molecule has 3 aliphatic rings. The van der Waals surface area contributed by atoms with Gasteiger partial charge in [-0.15, -0.1) is 0 Å². The number of anilines is 1. The predicted octanol–water partition coefficient (Wildman–Crippen LogP) is 1.16. The number of hydrogen-bond donors (Lipinski definition) is 1. The summed E-state index contributed by atoms with van der Waals surface area (Å²) in [4.78, 5) is 19.6. The van der Waals surface area contributed by atoms with Gasteiger partial charge in [-0.1, -0.05) is 18.2 Å². The number of likely N-dealkylation sites (tertiary alicyclic amines) is 1. The van der Waals surface area contributed by atoms with Crippen LogP contribution >= 0.6 is 0 Å². The highest BCUT2D eigenvalue weighted by Crippen LogP contribution is 2.21. The number of rotatable bonds is 3. The van der Waals surface area contributed by atoms with Crippen LogP contribution in [0.5, 0.6) is 0 Å². The normalized spacial score (nSPS) is 28.5. The van der Waals surface area contributed by atoms with Crippen molar-refractivity contribution in [3.8, 4) is 0 Å². The third kappa shape index (κ3) is 3.28. The Hall–Kier alpha value is -1.59. The summed E-state index contributed by atoms with van der Waals surface area (Å²) in [5.41, 5.74) is 1.32. The van der Waals surface area contributed by atoms with Crippen LogP contribution in [0, 0.1) is 0 Å². The van der Waals surface area contributed by atoms with E-state index in [0.717, 1.165) is 52.2 Å². The summed E-state index contributed by atoms with van der Waals surface area (Å²) in [7, 11) is 0. The van der Waals surface area contributed by atoms with Crippen LogP contribution in [-0.4, -0.2) is 73.6 Å². The Morgan fingerprint density at radius 2 is 1.67 bits per heavy atom. The van der Waals surface area contributed by atoms with E-state index in [9.17, 15) is 4.79 Å². The number of nitrogens with one attached hydrogen (secondary N) is 1. The fraction of sp³-hybridized carbons (Fsp3) is 0.632. The minimum atomic E-state index is 0.0419. The summed E-state index contributed by atoms with van der Waals surface area (Å²) in [5, 5.41) is 3.48. The molecule has 0 radical (unpaired) electrons. The molecule has 0 aromatic heterocycles. The van der Waals surface area contributed by atoms with E-state index in [1.54, 1.807) is 0 Å². The average molecular weight is 328 g/mol. The first kappa shape index (κ1) is 15.9. The van der Waals surface area contributed by atoms with Gasteiger partial charge in [0.1, 0.15) is 0 Å². The maximum atomic E-state index is 12.5. The lowest BCUT2D eigenvalue weighted by atomic mass is 10.1. The monoisotopic (exact) mass is 328 g/mol. The average Bonchev–Trinajstić information content (AvgIpc) is 3.34. The van der Waals surface area contributed by atoms with Gasteiger partial charge in [0.15, 0.2) is 0 Å². The molecule has 0 saturated carbocycles. The maximum absolute atomic E-state index is 12.5. The molecule has 2 atom stereocenters. The number of carbonyl (C=O) groups is 1. The molecule has 3 saturated heterocycles. The molecule has 0 spiro atoms. The summed E-state index contributed by atoms with van der Waals surface area (Å²) >= 11 is 0. The van der Waals surface area contributed by atoms with Gasteiger partial charge in [0.25, 0.3) is 0 Å². The van der Waals surface area contributed by atoms with Crippen molar-refractivity contribution >= 4 is 11.6 Å². The molecule has 4 rings (SSSR count). The van der Waals surface area contributed by atoms with Gasteiger partial charge in [-0.3, -0.25) is 9.69 Å². The topological polar surface area (TPSA) is 38.8 Å². The molecule has 1 N–H and O–H groups in total. The van der Waals surface area contributed by atoms with E-state index >= 15 is 0 Å². The standard InChI is InChI=1S/C19H28N4O/c24-19(23-8-4-5-9-23)18-14-17(15-20-18)22-12-10-21(11-13-22)16-6-2-1-3-7-16/h1-3,6-7,17-18,20H,4-5,8-15H2/t17-,18-/m0/s1. The second kappa shape index (κ2) is 7.11. The summed E-state index contributed by atoms with van der Waals surface area (Å²) in [6.45, 7) is 7.19. The number of carbonyl (C=O) groups excluding carboxylic acids is 1. The third-order valence-corrected chi connectivity index (χ3v) is 5.78. The zero-order valence-corrected chi connectivity index (χ0v) is 14.4. The first-order valence-electron chi connectivity index (χ1n) is 9.37. The molecule has 3 aliphatic heterocycles. The lowest BCUT2D eigenvalue weighted by molar-refractivity contribution is -0.132. The molecule has 1 aromatic rings. The summed E-state index contributed by atoms with van der Waals surface area (Å²) < 4.78 is 0. The molecule has 0 unspecified atom stereocenters. The number of piperazine rings is 1. The van der Waals surface area contributed by atoms with Crippen LogP contribution in [-0.2, 0) is 4.79 Å². The fourth-order valence-corrected chi connectivity index (χ4v) is 4.33. The highest BCUT2D eigenvalue weighted by molar-refractivity contribution is 5.82. The molecular formula is C19H28N4O. The van der Waals surface area contributed by atoms with E-state index in [1.807, 2.05) is 4.90 Å². The van der Waals surface area contributed by atoms with Crippen LogP contribution in [0.15, 0.2) is 30.3 Å². The molecule has 1 amide bonds.